The lowest BCUT2D eigenvalue weighted by atomic mass is 9.89. The molecule has 1 aromatic carbocycles. The topological polar surface area (TPSA) is 43.9 Å². The summed E-state index contributed by atoms with van der Waals surface area (Å²) in [5, 5.41) is 0. The summed E-state index contributed by atoms with van der Waals surface area (Å²) < 4.78 is 40.6. The zero-order chi connectivity index (χ0) is 19.6. The molecule has 1 aliphatic carbocycles. The first-order valence-corrected chi connectivity index (χ1v) is 11.0. The number of nitrogens with zero attached hydrogens (tertiary/aromatic N) is 3. The van der Waals surface area contributed by atoms with Gasteiger partial charge >= 0.3 is 0 Å². The Hall–Kier alpha value is -1.28. The van der Waals surface area contributed by atoms with Crippen LogP contribution in [0.1, 0.15) is 24.8 Å². The molecule has 1 heterocycles. The van der Waals surface area contributed by atoms with Crippen molar-refractivity contribution >= 4 is 16.3 Å². The van der Waals surface area contributed by atoms with Crippen LogP contribution in [0.4, 0.5) is 4.39 Å². The second kappa shape index (κ2) is 8.39. The van der Waals surface area contributed by atoms with Crippen molar-refractivity contribution in [1.29, 1.82) is 0 Å². The Morgan fingerprint density at radius 1 is 1.15 bits per heavy atom. The normalized spacial score (nSPS) is 27.0. The maximum atomic E-state index is 13.0. The van der Waals surface area contributed by atoms with E-state index in [-0.39, 0.29) is 11.9 Å². The lowest BCUT2D eigenvalue weighted by molar-refractivity contribution is 0.151. The molecule has 1 aromatic rings. The van der Waals surface area contributed by atoms with Crippen LogP contribution in [0.2, 0.25) is 0 Å². The smallest absolute Gasteiger partial charge is 0.281 e. The van der Waals surface area contributed by atoms with Crippen molar-refractivity contribution in [1.82, 2.24) is 13.5 Å². The molecule has 2 aliphatic rings. The van der Waals surface area contributed by atoms with E-state index in [0.717, 1.165) is 44.5 Å². The lowest BCUT2D eigenvalue weighted by Gasteiger charge is -2.34. The predicted molar refractivity (Wildman–Crippen MR) is 107 cm³/mol. The van der Waals surface area contributed by atoms with Crippen LogP contribution in [0.15, 0.2) is 30.3 Å². The highest BCUT2D eigenvalue weighted by atomic mass is 32.2. The van der Waals surface area contributed by atoms with Crippen molar-refractivity contribution in [3.05, 3.63) is 41.7 Å². The first-order chi connectivity index (χ1) is 12.8. The quantitative estimate of drug-likeness (QED) is 0.744. The van der Waals surface area contributed by atoms with Crippen LogP contribution in [0.25, 0.3) is 6.08 Å². The van der Waals surface area contributed by atoms with Gasteiger partial charge in [0, 0.05) is 40.3 Å². The predicted octanol–water partition coefficient (Wildman–Crippen LogP) is 2.68. The van der Waals surface area contributed by atoms with E-state index in [1.165, 1.54) is 16.4 Å². The van der Waals surface area contributed by atoms with Crippen molar-refractivity contribution in [2.45, 2.75) is 25.3 Å². The highest BCUT2D eigenvalue weighted by Crippen LogP contribution is 2.40. The number of hydrogen-bond acceptors (Lipinski definition) is 3. The fourth-order valence-electron chi connectivity index (χ4n) is 4.35. The first-order valence-electron chi connectivity index (χ1n) is 9.57. The van der Waals surface area contributed by atoms with Gasteiger partial charge in [-0.1, -0.05) is 24.3 Å². The van der Waals surface area contributed by atoms with Gasteiger partial charge in [-0.05, 0) is 55.3 Å². The van der Waals surface area contributed by atoms with Gasteiger partial charge in [-0.25, -0.2) is 4.39 Å². The van der Waals surface area contributed by atoms with Crippen molar-refractivity contribution in [2.75, 3.05) is 40.8 Å². The van der Waals surface area contributed by atoms with Gasteiger partial charge in [-0.3, -0.25) is 4.90 Å². The highest BCUT2D eigenvalue weighted by molar-refractivity contribution is 7.86. The third-order valence-corrected chi connectivity index (χ3v) is 7.96. The molecule has 0 radical (unpaired) electrons. The zero-order valence-corrected chi connectivity index (χ0v) is 17.2. The fourth-order valence-corrected chi connectivity index (χ4v) is 5.41. The highest BCUT2D eigenvalue weighted by Gasteiger charge is 2.42. The minimum Gasteiger partial charge on any atom is -0.299 e. The van der Waals surface area contributed by atoms with E-state index < -0.39 is 10.2 Å². The number of likely N-dealkylation sites (tertiary alicyclic amines) is 1. The maximum absolute atomic E-state index is 13.0. The Morgan fingerprint density at radius 2 is 1.81 bits per heavy atom. The van der Waals surface area contributed by atoms with Gasteiger partial charge in [0.05, 0.1) is 0 Å². The molecule has 0 unspecified atom stereocenters. The monoisotopic (exact) mass is 395 g/mol. The Bertz CT molecular complexity index is 764. The molecule has 0 amide bonds. The van der Waals surface area contributed by atoms with E-state index in [4.69, 9.17) is 0 Å². The number of rotatable bonds is 6. The average molecular weight is 396 g/mol. The summed E-state index contributed by atoms with van der Waals surface area (Å²) >= 11 is 0. The Morgan fingerprint density at radius 3 is 2.48 bits per heavy atom. The van der Waals surface area contributed by atoms with Crippen LogP contribution in [0, 0.1) is 17.7 Å². The molecular formula is C20H30FN3O2S. The van der Waals surface area contributed by atoms with Gasteiger partial charge in [0.15, 0.2) is 0 Å². The fraction of sp³-hybridized carbons (Fsp3) is 0.600. The van der Waals surface area contributed by atoms with Gasteiger partial charge in [-0.15, -0.1) is 0 Å². The summed E-state index contributed by atoms with van der Waals surface area (Å²) in [5.41, 5.74) is 1.00. The summed E-state index contributed by atoms with van der Waals surface area (Å²) in [7, 11) is 1.53. The Labute approximate surface area is 162 Å². The largest absolute Gasteiger partial charge is 0.299 e. The second-order valence-corrected chi connectivity index (χ2v) is 10.2. The minimum atomic E-state index is -3.35. The van der Waals surface area contributed by atoms with Gasteiger partial charge in [-0.2, -0.15) is 17.0 Å². The molecule has 0 spiro atoms. The van der Waals surface area contributed by atoms with Gasteiger partial charge in [0.25, 0.3) is 10.2 Å². The molecule has 3 atom stereocenters. The molecule has 27 heavy (non-hydrogen) atoms. The molecule has 1 saturated carbocycles. The number of fused-ring (bicyclic) bond motifs is 1. The van der Waals surface area contributed by atoms with Gasteiger partial charge in [0.1, 0.15) is 5.82 Å². The van der Waals surface area contributed by atoms with Gasteiger partial charge < -0.3 is 0 Å². The molecule has 0 N–H and O–H groups in total. The van der Waals surface area contributed by atoms with Crippen molar-refractivity contribution in [2.24, 2.45) is 11.8 Å². The third-order valence-electron chi connectivity index (χ3n) is 6.01. The molecule has 1 aliphatic heterocycles. The summed E-state index contributed by atoms with van der Waals surface area (Å²) in [4.78, 5) is 2.43. The summed E-state index contributed by atoms with van der Waals surface area (Å²) in [5.74, 6) is 0.959. The third kappa shape index (κ3) is 4.77. The molecule has 7 heteroatoms. The number of hydrogen-bond donors (Lipinski definition) is 0. The molecule has 150 valence electrons. The SMILES string of the molecule is CN(C)S(=O)(=O)N(C)[C@H]1C[C@H]2CCN(CC=Cc3ccc(F)cc3)C[C@H]2C1. The van der Waals surface area contributed by atoms with Crippen LogP contribution < -0.4 is 0 Å². The molecule has 5 nitrogen and oxygen atoms in total. The zero-order valence-electron chi connectivity index (χ0n) is 16.4. The van der Waals surface area contributed by atoms with Crippen molar-refractivity contribution < 1.29 is 12.8 Å². The summed E-state index contributed by atoms with van der Waals surface area (Å²) in [6.45, 7) is 2.94. The molecule has 2 fully saturated rings. The number of halogens is 1. The maximum Gasteiger partial charge on any atom is 0.281 e. The number of benzene rings is 1. The Kier molecular flexibility index (Phi) is 6.35. The van der Waals surface area contributed by atoms with E-state index in [2.05, 4.69) is 11.0 Å². The lowest BCUT2D eigenvalue weighted by Crippen LogP contribution is -2.42. The minimum absolute atomic E-state index is 0.0992. The van der Waals surface area contributed by atoms with E-state index >= 15 is 0 Å². The van der Waals surface area contributed by atoms with E-state index in [1.807, 2.05) is 6.08 Å². The van der Waals surface area contributed by atoms with Crippen molar-refractivity contribution in [3.8, 4) is 0 Å². The molecule has 3 rings (SSSR count). The van der Waals surface area contributed by atoms with Crippen LogP contribution >= 0.6 is 0 Å². The van der Waals surface area contributed by atoms with Crippen LogP contribution in [0.3, 0.4) is 0 Å². The summed E-state index contributed by atoms with van der Waals surface area (Å²) in [6.07, 6.45) is 7.18. The molecular weight excluding hydrogens is 365 g/mol. The molecule has 0 aromatic heterocycles. The molecule has 0 bridgehead atoms. The standard InChI is InChI=1S/C20H30FN3O2S/c1-22(2)27(25,26)23(3)20-13-17-10-12-24(15-18(17)14-20)11-4-5-16-6-8-19(21)9-7-16/h4-9,17-18,20H,10-15H2,1-3H3/t17-,18-,20+/m1/s1. The summed E-state index contributed by atoms with van der Waals surface area (Å²) in [6, 6.07) is 6.60. The Balaban J connectivity index is 1.53. The van der Waals surface area contributed by atoms with E-state index in [0.29, 0.717) is 11.8 Å². The van der Waals surface area contributed by atoms with E-state index in [1.54, 1.807) is 37.6 Å². The second-order valence-electron chi connectivity index (χ2n) is 7.95. The average Bonchev–Trinajstić information content (AvgIpc) is 3.05. The van der Waals surface area contributed by atoms with Crippen LogP contribution in [0.5, 0.6) is 0 Å². The van der Waals surface area contributed by atoms with Gasteiger partial charge in [0.2, 0.25) is 0 Å². The molecule has 1 saturated heterocycles. The van der Waals surface area contributed by atoms with E-state index in [9.17, 15) is 12.8 Å². The van der Waals surface area contributed by atoms with Crippen LogP contribution in [-0.4, -0.2) is 68.7 Å². The number of piperidine rings is 1. The van der Waals surface area contributed by atoms with Crippen LogP contribution in [-0.2, 0) is 10.2 Å². The first kappa shape index (κ1) is 20.5. The van der Waals surface area contributed by atoms with Crippen molar-refractivity contribution in [3.63, 3.8) is 0 Å².